The van der Waals surface area contributed by atoms with Gasteiger partial charge >= 0.3 is 5.97 Å². The smallest absolute Gasteiger partial charge is 0.316 e. The van der Waals surface area contributed by atoms with Crippen LogP contribution in [0.4, 0.5) is 4.39 Å². The molecule has 1 N–H and O–H groups in total. The maximum atomic E-state index is 14.1. The van der Waals surface area contributed by atoms with Gasteiger partial charge < -0.3 is 9.84 Å². The van der Waals surface area contributed by atoms with Crippen molar-refractivity contribution in [2.75, 3.05) is 7.11 Å². The van der Waals surface area contributed by atoms with E-state index < -0.39 is 22.8 Å². The number of methoxy groups -OCH3 is 1. The Bertz CT molecular complexity index is 516. The SMILES string of the molecule is COC(=O)C1(c2c(F)cccc2Cl)CC(O)(C(C)C)C1. The Morgan fingerprint density at radius 3 is 2.50 bits per heavy atom. The molecule has 110 valence electrons. The summed E-state index contributed by atoms with van der Waals surface area (Å²) < 4.78 is 19.0. The number of ether oxygens (including phenoxy) is 1. The minimum Gasteiger partial charge on any atom is -0.468 e. The van der Waals surface area contributed by atoms with Crippen LogP contribution >= 0.6 is 11.6 Å². The Kier molecular flexibility index (Phi) is 3.82. The van der Waals surface area contributed by atoms with Crippen LogP contribution in [0.5, 0.6) is 0 Å². The number of aliphatic hydroxyl groups is 1. The first-order valence-corrected chi connectivity index (χ1v) is 6.90. The predicted molar refractivity (Wildman–Crippen MR) is 74.1 cm³/mol. The van der Waals surface area contributed by atoms with Gasteiger partial charge in [0.25, 0.3) is 0 Å². The number of rotatable bonds is 3. The molecule has 0 bridgehead atoms. The quantitative estimate of drug-likeness (QED) is 0.873. The molecule has 1 saturated carbocycles. The summed E-state index contributed by atoms with van der Waals surface area (Å²) in [5.74, 6) is -1.14. The summed E-state index contributed by atoms with van der Waals surface area (Å²) >= 11 is 6.07. The van der Waals surface area contributed by atoms with Crippen molar-refractivity contribution < 1.29 is 19.0 Å². The Labute approximate surface area is 122 Å². The van der Waals surface area contributed by atoms with Crippen molar-refractivity contribution in [3.63, 3.8) is 0 Å². The fourth-order valence-corrected chi connectivity index (χ4v) is 3.32. The Morgan fingerprint density at radius 1 is 1.45 bits per heavy atom. The molecule has 0 unspecified atom stereocenters. The molecule has 5 heteroatoms. The van der Waals surface area contributed by atoms with E-state index in [4.69, 9.17) is 16.3 Å². The van der Waals surface area contributed by atoms with Crippen LogP contribution in [-0.2, 0) is 14.9 Å². The first-order chi connectivity index (χ1) is 9.27. The monoisotopic (exact) mass is 300 g/mol. The van der Waals surface area contributed by atoms with Crippen LogP contribution in [0.25, 0.3) is 0 Å². The molecular formula is C15H18ClFO3. The normalized spacial score (nSPS) is 29.1. The zero-order valence-electron chi connectivity index (χ0n) is 11.7. The highest BCUT2D eigenvalue weighted by molar-refractivity contribution is 6.31. The van der Waals surface area contributed by atoms with Crippen molar-refractivity contribution in [1.29, 1.82) is 0 Å². The van der Waals surface area contributed by atoms with Crippen molar-refractivity contribution in [3.05, 3.63) is 34.6 Å². The van der Waals surface area contributed by atoms with Crippen LogP contribution in [0.3, 0.4) is 0 Å². The number of esters is 1. The van der Waals surface area contributed by atoms with E-state index >= 15 is 0 Å². The molecule has 1 fully saturated rings. The van der Waals surface area contributed by atoms with Gasteiger partial charge in [0, 0.05) is 10.6 Å². The minimum atomic E-state index is -1.20. The van der Waals surface area contributed by atoms with Crippen molar-refractivity contribution in [2.24, 2.45) is 5.92 Å². The molecular weight excluding hydrogens is 283 g/mol. The van der Waals surface area contributed by atoms with Crippen LogP contribution < -0.4 is 0 Å². The molecule has 1 aliphatic rings. The molecule has 0 amide bonds. The van der Waals surface area contributed by atoms with E-state index in [1.165, 1.54) is 25.3 Å². The second-order valence-corrected chi connectivity index (χ2v) is 6.19. The molecule has 0 aliphatic heterocycles. The molecule has 0 aromatic heterocycles. The average Bonchev–Trinajstić information content (AvgIpc) is 2.34. The van der Waals surface area contributed by atoms with Crippen LogP contribution in [-0.4, -0.2) is 23.8 Å². The Balaban J connectivity index is 2.50. The maximum absolute atomic E-state index is 14.1. The van der Waals surface area contributed by atoms with E-state index in [1.54, 1.807) is 0 Å². The second kappa shape index (κ2) is 5.01. The average molecular weight is 301 g/mol. The van der Waals surface area contributed by atoms with Gasteiger partial charge in [-0.25, -0.2) is 4.39 Å². The van der Waals surface area contributed by atoms with Crippen molar-refractivity contribution in [2.45, 2.75) is 37.7 Å². The summed E-state index contributed by atoms with van der Waals surface area (Å²) in [5.41, 5.74) is -2.07. The molecule has 0 radical (unpaired) electrons. The number of hydrogen-bond donors (Lipinski definition) is 1. The van der Waals surface area contributed by atoms with E-state index in [0.717, 1.165) is 0 Å². The highest BCUT2D eigenvalue weighted by Gasteiger charge is 2.62. The van der Waals surface area contributed by atoms with E-state index in [-0.39, 0.29) is 29.3 Å². The lowest BCUT2D eigenvalue weighted by atomic mass is 9.53. The van der Waals surface area contributed by atoms with E-state index in [9.17, 15) is 14.3 Å². The summed E-state index contributed by atoms with van der Waals surface area (Å²) in [6, 6.07) is 4.29. The van der Waals surface area contributed by atoms with Gasteiger partial charge in [0.05, 0.1) is 12.7 Å². The Hall–Kier alpha value is -1.13. The topological polar surface area (TPSA) is 46.5 Å². The van der Waals surface area contributed by atoms with E-state index in [0.29, 0.717) is 0 Å². The third-order valence-electron chi connectivity index (χ3n) is 4.31. The third-order valence-corrected chi connectivity index (χ3v) is 4.62. The fourth-order valence-electron chi connectivity index (χ4n) is 2.98. The van der Waals surface area contributed by atoms with Crippen LogP contribution in [0.2, 0.25) is 5.02 Å². The first-order valence-electron chi connectivity index (χ1n) is 6.52. The van der Waals surface area contributed by atoms with Gasteiger partial charge in [0.2, 0.25) is 0 Å². The molecule has 3 nitrogen and oxygen atoms in total. The summed E-state index contributed by atoms with van der Waals surface area (Å²) in [6.07, 6.45) is 0.232. The lowest BCUT2D eigenvalue weighted by Gasteiger charge is -2.53. The van der Waals surface area contributed by atoms with Crippen molar-refractivity contribution >= 4 is 17.6 Å². The molecule has 1 aromatic rings. The zero-order chi connectivity index (χ0) is 15.1. The summed E-state index contributed by atoms with van der Waals surface area (Å²) in [7, 11) is 1.26. The molecule has 20 heavy (non-hydrogen) atoms. The number of hydrogen-bond acceptors (Lipinski definition) is 3. The van der Waals surface area contributed by atoms with Gasteiger partial charge in [-0.2, -0.15) is 0 Å². The van der Waals surface area contributed by atoms with Gasteiger partial charge in [-0.05, 0) is 30.9 Å². The molecule has 1 aliphatic carbocycles. The third kappa shape index (κ3) is 2.11. The van der Waals surface area contributed by atoms with Gasteiger partial charge in [-0.1, -0.05) is 31.5 Å². The zero-order valence-corrected chi connectivity index (χ0v) is 12.5. The number of carbonyl (C=O) groups excluding carboxylic acids is 1. The predicted octanol–water partition coefficient (Wildman–Crippen LogP) is 3.07. The van der Waals surface area contributed by atoms with E-state index in [2.05, 4.69) is 0 Å². The highest BCUT2D eigenvalue weighted by Crippen LogP contribution is 2.56. The molecule has 0 heterocycles. The lowest BCUT2D eigenvalue weighted by Crippen LogP contribution is -2.61. The lowest BCUT2D eigenvalue weighted by molar-refractivity contribution is -0.175. The molecule has 2 rings (SSSR count). The number of carbonyl (C=O) groups is 1. The molecule has 1 aromatic carbocycles. The summed E-state index contributed by atoms with van der Waals surface area (Å²) in [4.78, 5) is 12.2. The second-order valence-electron chi connectivity index (χ2n) is 5.78. The fraction of sp³-hybridized carbons (Fsp3) is 0.533. The highest BCUT2D eigenvalue weighted by atomic mass is 35.5. The largest absolute Gasteiger partial charge is 0.468 e. The van der Waals surface area contributed by atoms with Crippen molar-refractivity contribution in [1.82, 2.24) is 0 Å². The van der Waals surface area contributed by atoms with Crippen molar-refractivity contribution in [3.8, 4) is 0 Å². The van der Waals surface area contributed by atoms with Crippen LogP contribution in [0.1, 0.15) is 32.3 Å². The number of benzene rings is 1. The molecule has 0 atom stereocenters. The minimum absolute atomic E-state index is 0.0363. The van der Waals surface area contributed by atoms with Crippen LogP contribution in [0, 0.1) is 11.7 Å². The Morgan fingerprint density at radius 2 is 2.05 bits per heavy atom. The first kappa shape index (κ1) is 15.3. The molecule has 0 spiro atoms. The van der Waals surface area contributed by atoms with E-state index in [1.807, 2.05) is 13.8 Å². The maximum Gasteiger partial charge on any atom is 0.316 e. The number of halogens is 2. The van der Waals surface area contributed by atoms with Crippen LogP contribution in [0.15, 0.2) is 18.2 Å². The summed E-state index contributed by atoms with van der Waals surface area (Å²) in [6.45, 7) is 3.73. The molecule has 0 saturated heterocycles. The van der Waals surface area contributed by atoms with Gasteiger partial charge in [-0.3, -0.25) is 4.79 Å². The van der Waals surface area contributed by atoms with Gasteiger partial charge in [0.15, 0.2) is 0 Å². The van der Waals surface area contributed by atoms with Gasteiger partial charge in [0.1, 0.15) is 11.2 Å². The summed E-state index contributed by atoms with van der Waals surface area (Å²) in [5, 5.41) is 10.6. The van der Waals surface area contributed by atoms with Gasteiger partial charge in [-0.15, -0.1) is 0 Å². The standard InChI is InChI=1S/C15H18ClFO3/c1-9(2)15(19)7-14(8-15,13(18)20-3)12-10(16)5-4-6-11(12)17/h4-6,9,19H,7-8H2,1-3H3.